The highest BCUT2D eigenvalue weighted by Gasteiger charge is 2.20. The van der Waals surface area contributed by atoms with E-state index >= 15 is 0 Å². The number of carboxylic acids is 1. The van der Waals surface area contributed by atoms with Crippen LogP contribution in [-0.4, -0.2) is 26.4 Å². The fourth-order valence-corrected chi connectivity index (χ4v) is 2.62. The minimum absolute atomic E-state index is 0.0292. The molecule has 0 unspecified atom stereocenters. The lowest BCUT2D eigenvalue weighted by atomic mass is 9.89. The van der Waals surface area contributed by atoms with Crippen molar-refractivity contribution < 1.29 is 25.2 Å². The first kappa shape index (κ1) is 15.4. The molecule has 0 atom stereocenters. The number of aromatic carboxylic acids is 1. The molecule has 0 amide bonds. The Kier molecular flexibility index (Phi) is 3.83. The predicted octanol–water partition coefficient (Wildman–Crippen LogP) is 3.84. The van der Waals surface area contributed by atoms with E-state index in [2.05, 4.69) is 0 Å². The van der Waals surface area contributed by atoms with Crippen LogP contribution in [0.5, 0.6) is 17.2 Å². The van der Waals surface area contributed by atoms with Crippen molar-refractivity contribution in [2.24, 2.45) is 0 Å². The molecule has 0 bridgehead atoms. The molecule has 0 heterocycles. The van der Waals surface area contributed by atoms with Crippen molar-refractivity contribution in [3.05, 3.63) is 66.2 Å². The minimum Gasteiger partial charge on any atom is -0.508 e. The van der Waals surface area contributed by atoms with E-state index in [0.717, 1.165) is 0 Å². The number of phenolic OH excluding ortho intramolecular Hbond substituents is 3. The van der Waals surface area contributed by atoms with Gasteiger partial charge in [0.2, 0.25) is 0 Å². The zero-order chi connectivity index (χ0) is 17.3. The van der Waals surface area contributed by atoms with Crippen LogP contribution in [0.25, 0.3) is 22.3 Å². The summed E-state index contributed by atoms with van der Waals surface area (Å²) in [5.74, 6) is -1.08. The molecule has 0 fully saturated rings. The van der Waals surface area contributed by atoms with E-state index < -0.39 is 5.97 Å². The molecule has 3 aromatic carbocycles. The lowest BCUT2D eigenvalue weighted by Crippen LogP contribution is -2.01. The number of hydrogen-bond donors (Lipinski definition) is 4. The highest BCUT2D eigenvalue weighted by molar-refractivity contribution is 6.02. The highest BCUT2D eigenvalue weighted by atomic mass is 16.4. The van der Waals surface area contributed by atoms with Gasteiger partial charge in [-0.2, -0.15) is 0 Å². The Labute approximate surface area is 137 Å². The van der Waals surface area contributed by atoms with Gasteiger partial charge in [-0.05, 0) is 47.5 Å². The summed E-state index contributed by atoms with van der Waals surface area (Å²) < 4.78 is 0. The van der Waals surface area contributed by atoms with Crippen LogP contribution < -0.4 is 0 Å². The summed E-state index contributed by atoms with van der Waals surface area (Å²) in [6.07, 6.45) is 0. The second-order valence-corrected chi connectivity index (χ2v) is 5.28. The smallest absolute Gasteiger partial charge is 0.336 e. The molecular formula is C19H14O5. The number of aromatic hydroxyl groups is 3. The number of rotatable bonds is 3. The van der Waals surface area contributed by atoms with Gasteiger partial charge in [-0.3, -0.25) is 0 Å². The van der Waals surface area contributed by atoms with Crippen LogP contribution >= 0.6 is 0 Å². The lowest BCUT2D eigenvalue weighted by molar-refractivity contribution is 0.0697. The van der Waals surface area contributed by atoms with E-state index in [1.165, 1.54) is 36.4 Å². The van der Waals surface area contributed by atoms with Crippen molar-refractivity contribution in [1.82, 2.24) is 0 Å². The first-order valence-corrected chi connectivity index (χ1v) is 7.15. The molecule has 0 spiro atoms. The summed E-state index contributed by atoms with van der Waals surface area (Å²) in [5.41, 5.74) is 1.83. The van der Waals surface area contributed by atoms with Gasteiger partial charge in [-0.15, -0.1) is 0 Å². The Balaban J connectivity index is 2.35. The summed E-state index contributed by atoms with van der Waals surface area (Å²) in [6.45, 7) is 0. The average Bonchev–Trinajstić information content (AvgIpc) is 2.56. The van der Waals surface area contributed by atoms with E-state index in [1.807, 2.05) is 0 Å². The van der Waals surface area contributed by atoms with Crippen molar-refractivity contribution >= 4 is 5.97 Å². The molecule has 5 nitrogen and oxygen atoms in total. The van der Waals surface area contributed by atoms with Crippen LogP contribution in [0, 0.1) is 0 Å². The third kappa shape index (κ3) is 2.75. The molecular weight excluding hydrogens is 308 g/mol. The van der Waals surface area contributed by atoms with Crippen LogP contribution in [0.2, 0.25) is 0 Å². The van der Waals surface area contributed by atoms with Crippen molar-refractivity contribution in [3.63, 3.8) is 0 Å². The Morgan fingerprint density at radius 2 is 1.08 bits per heavy atom. The highest BCUT2D eigenvalue weighted by Crippen LogP contribution is 2.41. The van der Waals surface area contributed by atoms with Gasteiger partial charge >= 0.3 is 5.97 Å². The molecule has 4 N–H and O–H groups in total. The van der Waals surface area contributed by atoms with Crippen molar-refractivity contribution in [2.45, 2.75) is 0 Å². The quantitative estimate of drug-likeness (QED) is 0.587. The maximum absolute atomic E-state index is 11.6. The maximum Gasteiger partial charge on any atom is 0.336 e. The van der Waals surface area contributed by atoms with E-state index in [4.69, 9.17) is 0 Å². The zero-order valence-corrected chi connectivity index (χ0v) is 12.5. The standard InChI is InChI=1S/C19H14O5/c20-13-5-1-11(2-6-13)17-15(19(23)24)9-10-16(22)18(17)12-3-7-14(21)8-4-12/h1-10,20-22H,(H,23,24). The second-order valence-electron chi connectivity index (χ2n) is 5.28. The van der Waals surface area contributed by atoms with E-state index in [0.29, 0.717) is 22.3 Å². The van der Waals surface area contributed by atoms with Crippen LogP contribution in [0.15, 0.2) is 60.7 Å². The number of hydrogen-bond acceptors (Lipinski definition) is 4. The van der Waals surface area contributed by atoms with Gasteiger partial charge in [0, 0.05) is 11.1 Å². The topological polar surface area (TPSA) is 98.0 Å². The van der Waals surface area contributed by atoms with Crippen LogP contribution in [-0.2, 0) is 0 Å². The molecule has 3 rings (SSSR count). The van der Waals surface area contributed by atoms with Crippen molar-refractivity contribution in [1.29, 1.82) is 0 Å². The first-order valence-electron chi connectivity index (χ1n) is 7.15. The van der Waals surface area contributed by atoms with Gasteiger partial charge in [-0.25, -0.2) is 4.79 Å². The fourth-order valence-electron chi connectivity index (χ4n) is 2.62. The van der Waals surface area contributed by atoms with Crippen molar-refractivity contribution in [2.75, 3.05) is 0 Å². The molecule has 24 heavy (non-hydrogen) atoms. The first-order chi connectivity index (χ1) is 11.5. The molecule has 0 aliphatic heterocycles. The summed E-state index contributed by atoms with van der Waals surface area (Å²) in [7, 11) is 0. The van der Waals surface area contributed by atoms with Crippen LogP contribution in [0.3, 0.4) is 0 Å². The monoisotopic (exact) mass is 322 g/mol. The molecule has 0 aliphatic carbocycles. The molecule has 0 radical (unpaired) electrons. The molecule has 0 saturated carbocycles. The van der Waals surface area contributed by atoms with Crippen molar-refractivity contribution in [3.8, 4) is 39.5 Å². The van der Waals surface area contributed by atoms with E-state index in [-0.39, 0.29) is 22.8 Å². The Morgan fingerprint density at radius 1 is 0.625 bits per heavy atom. The van der Waals surface area contributed by atoms with Gasteiger partial charge in [0.25, 0.3) is 0 Å². The maximum atomic E-state index is 11.6. The number of carbonyl (C=O) groups is 1. The zero-order valence-electron chi connectivity index (χ0n) is 12.5. The summed E-state index contributed by atoms with van der Waals surface area (Å²) in [5, 5.41) is 38.8. The fraction of sp³-hybridized carbons (Fsp3) is 0. The van der Waals surface area contributed by atoms with Gasteiger partial charge in [0.1, 0.15) is 17.2 Å². The van der Waals surface area contributed by atoms with Crippen LogP contribution in [0.4, 0.5) is 0 Å². The SMILES string of the molecule is O=C(O)c1ccc(O)c(-c2ccc(O)cc2)c1-c1ccc(O)cc1. The third-order valence-electron chi connectivity index (χ3n) is 3.73. The minimum atomic E-state index is -1.13. The number of phenols is 3. The molecule has 0 aromatic heterocycles. The number of carboxylic acid groups (broad SMARTS) is 1. The van der Waals surface area contributed by atoms with Gasteiger partial charge in [0.05, 0.1) is 5.56 Å². The molecule has 5 heteroatoms. The summed E-state index contributed by atoms with van der Waals surface area (Å²) >= 11 is 0. The predicted molar refractivity (Wildman–Crippen MR) is 89.3 cm³/mol. The van der Waals surface area contributed by atoms with E-state index in [9.17, 15) is 25.2 Å². The second kappa shape index (κ2) is 5.96. The normalized spacial score (nSPS) is 10.5. The number of benzene rings is 3. The van der Waals surface area contributed by atoms with E-state index in [1.54, 1.807) is 24.3 Å². The Morgan fingerprint density at radius 3 is 1.54 bits per heavy atom. The van der Waals surface area contributed by atoms with Gasteiger partial charge < -0.3 is 20.4 Å². The van der Waals surface area contributed by atoms with Gasteiger partial charge in [0.15, 0.2) is 0 Å². The van der Waals surface area contributed by atoms with Crippen LogP contribution in [0.1, 0.15) is 10.4 Å². The van der Waals surface area contributed by atoms with Gasteiger partial charge in [-0.1, -0.05) is 24.3 Å². The molecule has 0 saturated heterocycles. The lowest BCUT2D eigenvalue weighted by Gasteiger charge is -2.15. The third-order valence-corrected chi connectivity index (χ3v) is 3.73. The molecule has 120 valence electrons. The summed E-state index contributed by atoms with van der Waals surface area (Å²) in [4.78, 5) is 11.6. The molecule has 3 aromatic rings. The molecule has 0 aliphatic rings. The Hall–Kier alpha value is -3.47. The average molecular weight is 322 g/mol. The Bertz CT molecular complexity index is 896. The summed E-state index contributed by atoms with van der Waals surface area (Å²) in [6, 6.07) is 14.9. The largest absolute Gasteiger partial charge is 0.508 e.